The molecule has 0 aromatic heterocycles. The number of piperazine rings is 1. The van der Waals surface area contributed by atoms with Gasteiger partial charge in [-0.1, -0.05) is 12.1 Å². The van der Waals surface area contributed by atoms with Gasteiger partial charge in [-0.15, -0.1) is 0 Å². The zero-order valence-electron chi connectivity index (χ0n) is 18.4. The molecule has 1 aromatic rings. The number of anilines is 1. The molecule has 0 saturated carbocycles. The highest BCUT2D eigenvalue weighted by Gasteiger charge is 2.47. The van der Waals surface area contributed by atoms with E-state index in [-0.39, 0.29) is 24.8 Å². The standard InChI is InChI=1S/C21H28FN5O5S/c1-14-18(19(28)24-21(30)23-14)33(31,32)27-8-4-5-15(13-27)20(29)26-11-9-25(10-12-26)17-7-3-2-6-16(17)22/h2-3,6-7,14-15,18H,4-5,8-13H2,1H3,(H2,23,24,28,30). The Hall–Kier alpha value is -2.73. The number of piperidine rings is 1. The van der Waals surface area contributed by atoms with Crippen LogP contribution < -0.4 is 15.5 Å². The maximum absolute atomic E-state index is 14.1. The normalized spacial score (nSPS) is 27.2. The van der Waals surface area contributed by atoms with Crippen molar-refractivity contribution in [3.63, 3.8) is 0 Å². The minimum Gasteiger partial charge on any atom is -0.366 e. The molecule has 1 aromatic carbocycles. The van der Waals surface area contributed by atoms with Crippen molar-refractivity contribution in [3.05, 3.63) is 30.1 Å². The molecule has 3 atom stereocenters. The summed E-state index contributed by atoms with van der Waals surface area (Å²) < 4.78 is 41.7. The summed E-state index contributed by atoms with van der Waals surface area (Å²) in [5.41, 5.74) is 0.506. The van der Waals surface area contributed by atoms with Gasteiger partial charge in [0.25, 0.3) is 0 Å². The van der Waals surface area contributed by atoms with Gasteiger partial charge in [0.1, 0.15) is 5.82 Å². The maximum Gasteiger partial charge on any atom is 0.321 e. The number of sulfonamides is 1. The predicted molar refractivity (Wildman–Crippen MR) is 118 cm³/mol. The maximum atomic E-state index is 14.1. The van der Waals surface area contributed by atoms with Gasteiger partial charge in [-0.2, -0.15) is 0 Å². The van der Waals surface area contributed by atoms with E-state index in [9.17, 15) is 27.2 Å². The third-order valence-corrected chi connectivity index (χ3v) is 8.82. The van der Waals surface area contributed by atoms with Crippen molar-refractivity contribution in [1.29, 1.82) is 0 Å². The van der Waals surface area contributed by atoms with E-state index in [0.29, 0.717) is 44.7 Å². The van der Waals surface area contributed by atoms with Crippen LogP contribution in [0.4, 0.5) is 14.9 Å². The Bertz CT molecular complexity index is 1040. The van der Waals surface area contributed by atoms with E-state index in [4.69, 9.17) is 0 Å². The van der Waals surface area contributed by atoms with Crippen molar-refractivity contribution in [3.8, 4) is 0 Å². The fraction of sp³-hybridized carbons (Fsp3) is 0.571. The zero-order chi connectivity index (χ0) is 23.8. The molecule has 0 bridgehead atoms. The van der Waals surface area contributed by atoms with Crippen molar-refractivity contribution < 1.29 is 27.2 Å². The summed E-state index contributed by atoms with van der Waals surface area (Å²) in [6, 6.07) is 4.92. The number of imide groups is 1. The van der Waals surface area contributed by atoms with Crippen LogP contribution in [0.2, 0.25) is 0 Å². The Morgan fingerprint density at radius 1 is 1.09 bits per heavy atom. The molecule has 3 heterocycles. The number of hydrogen-bond donors (Lipinski definition) is 2. The first-order valence-corrected chi connectivity index (χ1v) is 12.6. The van der Waals surface area contributed by atoms with Crippen LogP contribution in [0.25, 0.3) is 0 Å². The highest BCUT2D eigenvalue weighted by molar-refractivity contribution is 7.90. The molecule has 10 nitrogen and oxygen atoms in total. The number of nitrogens with zero attached hydrogens (tertiary/aromatic N) is 3. The second-order valence-electron chi connectivity index (χ2n) is 8.68. The van der Waals surface area contributed by atoms with Crippen LogP contribution in [0, 0.1) is 11.7 Å². The Morgan fingerprint density at radius 3 is 2.45 bits per heavy atom. The van der Waals surface area contributed by atoms with Gasteiger partial charge in [-0.3, -0.25) is 14.9 Å². The Labute approximate surface area is 192 Å². The lowest BCUT2D eigenvalue weighted by atomic mass is 9.97. The van der Waals surface area contributed by atoms with Gasteiger partial charge < -0.3 is 15.1 Å². The second kappa shape index (κ2) is 9.26. The summed E-state index contributed by atoms with van der Waals surface area (Å²) in [5, 5.41) is 3.00. The summed E-state index contributed by atoms with van der Waals surface area (Å²) in [6.45, 7) is 3.51. The van der Waals surface area contributed by atoms with E-state index in [1.165, 1.54) is 17.3 Å². The fourth-order valence-corrected chi connectivity index (χ4v) is 6.80. The number of urea groups is 1. The van der Waals surface area contributed by atoms with Crippen LogP contribution in [0.15, 0.2) is 24.3 Å². The zero-order valence-corrected chi connectivity index (χ0v) is 19.2. The SMILES string of the molecule is CC1NC(=O)NC(=O)C1S(=O)(=O)N1CCCC(C(=O)N2CCN(c3ccccc3F)CC2)C1. The van der Waals surface area contributed by atoms with Crippen LogP contribution in [0.3, 0.4) is 0 Å². The molecule has 0 spiro atoms. The molecule has 12 heteroatoms. The Morgan fingerprint density at radius 2 is 1.79 bits per heavy atom. The number of para-hydroxylation sites is 1. The number of rotatable bonds is 4. The highest BCUT2D eigenvalue weighted by atomic mass is 32.2. The first-order chi connectivity index (χ1) is 15.7. The van der Waals surface area contributed by atoms with Crippen molar-refractivity contribution in [1.82, 2.24) is 19.8 Å². The van der Waals surface area contributed by atoms with Gasteiger partial charge in [0.05, 0.1) is 17.6 Å². The topological polar surface area (TPSA) is 119 Å². The van der Waals surface area contributed by atoms with Crippen molar-refractivity contribution >= 4 is 33.6 Å². The first-order valence-electron chi connectivity index (χ1n) is 11.1. The van der Waals surface area contributed by atoms with Crippen molar-refractivity contribution in [2.24, 2.45) is 5.92 Å². The largest absolute Gasteiger partial charge is 0.366 e. The quantitative estimate of drug-likeness (QED) is 0.630. The molecule has 33 heavy (non-hydrogen) atoms. The van der Waals surface area contributed by atoms with Crippen molar-refractivity contribution in [2.45, 2.75) is 31.1 Å². The van der Waals surface area contributed by atoms with E-state index >= 15 is 0 Å². The Kier molecular flexibility index (Phi) is 6.57. The lowest BCUT2D eigenvalue weighted by Crippen LogP contribution is -2.65. The molecule has 3 aliphatic rings. The fourth-order valence-electron chi connectivity index (χ4n) is 4.79. The molecule has 0 radical (unpaired) electrons. The minimum atomic E-state index is -4.07. The molecular formula is C21H28FN5O5S. The van der Waals surface area contributed by atoms with E-state index in [2.05, 4.69) is 5.32 Å². The van der Waals surface area contributed by atoms with Crippen LogP contribution in [0.1, 0.15) is 19.8 Å². The summed E-state index contributed by atoms with van der Waals surface area (Å²) in [4.78, 5) is 40.5. The van der Waals surface area contributed by atoms with Gasteiger partial charge in [0, 0.05) is 39.3 Å². The third kappa shape index (κ3) is 4.67. The van der Waals surface area contributed by atoms with Gasteiger partial charge in [-0.25, -0.2) is 21.9 Å². The van der Waals surface area contributed by atoms with E-state index < -0.39 is 39.2 Å². The van der Waals surface area contributed by atoms with Gasteiger partial charge in [0.15, 0.2) is 5.25 Å². The number of carbonyl (C=O) groups is 3. The summed E-state index contributed by atoms with van der Waals surface area (Å²) in [7, 11) is -4.07. The van der Waals surface area contributed by atoms with Gasteiger partial charge in [0.2, 0.25) is 21.8 Å². The first kappa shape index (κ1) is 23.4. The Balaban J connectivity index is 1.39. The van der Waals surface area contributed by atoms with Crippen LogP contribution >= 0.6 is 0 Å². The highest BCUT2D eigenvalue weighted by Crippen LogP contribution is 2.26. The van der Waals surface area contributed by atoms with E-state index in [1.807, 2.05) is 10.2 Å². The summed E-state index contributed by atoms with van der Waals surface area (Å²) in [6.07, 6.45) is 1.06. The molecule has 4 rings (SSSR count). The molecule has 0 aliphatic carbocycles. The smallest absolute Gasteiger partial charge is 0.321 e. The average Bonchev–Trinajstić information content (AvgIpc) is 2.78. The molecule has 4 amide bonds. The molecule has 3 saturated heterocycles. The minimum absolute atomic E-state index is 0.000852. The third-order valence-electron chi connectivity index (χ3n) is 6.51. The van der Waals surface area contributed by atoms with Crippen molar-refractivity contribution in [2.75, 3.05) is 44.2 Å². The number of halogens is 1. The monoisotopic (exact) mass is 481 g/mol. The van der Waals surface area contributed by atoms with Gasteiger partial charge in [-0.05, 0) is 31.9 Å². The lowest BCUT2D eigenvalue weighted by molar-refractivity contribution is -0.137. The average molecular weight is 482 g/mol. The molecule has 3 unspecified atom stereocenters. The molecular weight excluding hydrogens is 453 g/mol. The number of amides is 4. The summed E-state index contributed by atoms with van der Waals surface area (Å²) in [5.74, 6) is -1.80. The molecule has 3 fully saturated rings. The molecule has 180 valence electrons. The molecule has 3 aliphatic heterocycles. The van der Waals surface area contributed by atoms with E-state index in [1.54, 1.807) is 23.1 Å². The number of carbonyl (C=O) groups excluding carboxylic acids is 3. The van der Waals surface area contributed by atoms with Gasteiger partial charge >= 0.3 is 6.03 Å². The number of nitrogens with one attached hydrogen (secondary N) is 2. The number of benzene rings is 1. The number of hydrogen-bond acceptors (Lipinski definition) is 6. The lowest BCUT2D eigenvalue weighted by Gasteiger charge is -2.40. The summed E-state index contributed by atoms with van der Waals surface area (Å²) >= 11 is 0. The van der Waals surface area contributed by atoms with Crippen LogP contribution in [0.5, 0.6) is 0 Å². The predicted octanol–water partition coefficient (Wildman–Crippen LogP) is 0.113. The molecule has 2 N–H and O–H groups in total. The second-order valence-corrected chi connectivity index (χ2v) is 10.7. The van der Waals surface area contributed by atoms with Crippen LogP contribution in [-0.4, -0.2) is 86.0 Å². The van der Waals surface area contributed by atoms with Crippen LogP contribution in [-0.2, 0) is 19.6 Å². The van der Waals surface area contributed by atoms with E-state index in [0.717, 1.165) is 0 Å².